The molecule has 0 saturated carbocycles. The standard InChI is InChI=1S/C28H26N3O3/c1-28(2,3)31(34)26-18-16-25(17-19-26)30(23-10-5-4-6-11-23)24-14-12-21(13-15-24)8-7-9-22(20-29)27(32)33/h4-19H,1-3H3,(H,32,33)/b8-7+,22-9+. The minimum Gasteiger partial charge on any atom is -0.477 e. The number of anilines is 4. The number of carboxylic acids is 1. The van der Waals surface area contributed by atoms with Crippen molar-refractivity contribution >= 4 is 34.8 Å². The van der Waals surface area contributed by atoms with Gasteiger partial charge < -0.3 is 10.0 Å². The fourth-order valence-corrected chi connectivity index (χ4v) is 3.30. The first-order valence-corrected chi connectivity index (χ1v) is 10.7. The molecular formula is C28H26N3O3. The Morgan fingerprint density at radius 1 is 0.853 bits per heavy atom. The summed E-state index contributed by atoms with van der Waals surface area (Å²) in [7, 11) is 0. The molecule has 0 bridgehead atoms. The third-order valence-electron chi connectivity index (χ3n) is 5.02. The Bertz CT molecular complexity index is 1220. The zero-order valence-corrected chi connectivity index (χ0v) is 19.3. The molecule has 0 aliphatic rings. The molecule has 1 radical (unpaired) electrons. The molecule has 0 fully saturated rings. The highest BCUT2D eigenvalue weighted by Crippen LogP contribution is 2.36. The molecule has 0 amide bonds. The van der Waals surface area contributed by atoms with E-state index in [1.165, 1.54) is 6.08 Å². The normalized spacial score (nSPS) is 11.8. The summed E-state index contributed by atoms with van der Waals surface area (Å²) in [5, 5.41) is 31.3. The van der Waals surface area contributed by atoms with Crippen LogP contribution >= 0.6 is 0 Å². The van der Waals surface area contributed by atoms with Crippen molar-refractivity contribution in [3.8, 4) is 6.07 Å². The van der Waals surface area contributed by atoms with Gasteiger partial charge in [-0.05, 0) is 80.9 Å². The van der Waals surface area contributed by atoms with E-state index in [2.05, 4.69) is 4.90 Å². The molecule has 0 saturated heterocycles. The summed E-state index contributed by atoms with van der Waals surface area (Å²) in [5.41, 5.74) is 3.39. The average molecular weight is 453 g/mol. The molecule has 3 aromatic carbocycles. The Morgan fingerprint density at radius 3 is 1.85 bits per heavy atom. The molecule has 34 heavy (non-hydrogen) atoms. The maximum atomic E-state index is 12.6. The largest absolute Gasteiger partial charge is 0.477 e. The van der Waals surface area contributed by atoms with Crippen LogP contribution in [0.15, 0.2) is 96.6 Å². The van der Waals surface area contributed by atoms with Gasteiger partial charge in [-0.3, -0.25) is 0 Å². The number of carbonyl (C=O) groups is 1. The lowest BCUT2D eigenvalue weighted by atomic mass is 10.1. The van der Waals surface area contributed by atoms with Crippen molar-refractivity contribution < 1.29 is 15.1 Å². The predicted molar refractivity (Wildman–Crippen MR) is 134 cm³/mol. The summed E-state index contributed by atoms with van der Waals surface area (Å²) in [6, 6.07) is 26.8. The quantitative estimate of drug-likeness (QED) is 0.188. The molecule has 1 N–H and O–H groups in total. The zero-order chi connectivity index (χ0) is 24.7. The van der Waals surface area contributed by atoms with Crippen LogP contribution in [0, 0.1) is 11.3 Å². The summed E-state index contributed by atoms with van der Waals surface area (Å²) in [4.78, 5) is 13.0. The minimum atomic E-state index is -1.25. The molecule has 6 nitrogen and oxygen atoms in total. The SMILES string of the molecule is CC(C)(C)N([O])c1ccc(N(c2ccccc2)c2ccc(/C=C/C=C(\C#N)C(=O)O)cc2)cc1. The number of benzene rings is 3. The van der Waals surface area contributed by atoms with Crippen LogP contribution in [0.4, 0.5) is 22.7 Å². The van der Waals surface area contributed by atoms with Gasteiger partial charge in [0, 0.05) is 17.1 Å². The van der Waals surface area contributed by atoms with Crippen molar-refractivity contribution in [3.05, 3.63) is 102 Å². The van der Waals surface area contributed by atoms with Crippen molar-refractivity contribution in [3.63, 3.8) is 0 Å². The van der Waals surface area contributed by atoms with Crippen LogP contribution in [-0.2, 0) is 10.0 Å². The van der Waals surface area contributed by atoms with Crippen molar-refractivity contribution in [2.75, 3.05) is 9.96 Å². The number of hydrogen-bond acceptors (Lipinski definition) is 4. The highest BCUT2D eigenvalue weighted by Gasteiger charge is 2.22. The molecule has 3 rings (SSSR count). The van der Waals surface area contributed by atoms with Gasteiger partial charge in [0.15, 0.2) is 0 Å². The van der Waals surface area contributed by atoms with Gasteiger partial charge in [0.05, 0.1) is 11.2 Å². The van der Waals surface area contributed by atoms with Gasteiger partial charge in [-0.2, -0.15) is 5.26 Å². The molecule has 3 aromatic rings. The summed E-state index contributed by atoms with van der Waals surface area (Å²) in [6.45, 7) is 5.62. The Labute approximate surface area is 199 Å². The van der Waals surface area contributed by atoms with Crippen LogP contribution in [0.3, 0.4) is 0 Å². The topological polar surface area (TPSA) is 87.5 Å². The molecular weight excluding hydrogens is 426 g/mol. The van der Waals surface area contributed by atoms with Crippen molar-refractivity contribution in [1.82, 2.24) is 0 Å². The number of aliphatic carboxylic acids is 1. The van der Waals surface area contributed by atoms with E-state index in [-0.39, 0.29) is 5.57 Å². The third-order valence-corrected chi connectivity index (χ3v) is 5.02. The molecule has 0 aromatic heterocycles. The van der Waals surface area contributed by atoms with E-state index in [1.54, 1.807) is 18.2 Å². The van der Waals surface area contributed by atoms with Gasteiger partial charge in [-0.1, -0.05) is 47.7 Å². The van der Waals surface area contributed by atoms with E-state index in [1.807, 2.05) is 99.6 Å². The second-order valence-electron chi connectivity index (χ2n) is 8.60. The van der Waals surface area contributed by atoms with Crippen LogP contribution < -0.4 is 9.96 Å². The number of carboxylic acid groups (broad SMARTS) is 1. The van der Waals surface area contributed by atoms with Gasteiger partial charge in [0.1, 0.15) is 11.6 Å². The zero-order valence-electron chi connectivity index (χ0n) is 19.3. The fourth-order valence-electron chi connectivity index (χ4n) is 3.30. The van der Waals surface area contributed by atoms with Gasteiger partial charge >= 0.3 is 5.97 Å². The lowest BCUT2D eigenvalue weighted by Gasteiger charge is -2.30. The molecule has 0 atom stereocenters. The van der Waals surface area contributed by atoms with Gasteiger partial charge in [-0.25, -0.2) is 9.86 Å². The Hall–Kier alpha value is -4.34. The maximum absolute atomic E-state index is 12.6. The number of nitrogens with zero attached hydrogens (tertiary/aromatic N) is 3. The number of rotatable bonds is 7. The van der Waals surface area contributed by atoms with Crippen molar-refractivity contribution in [2.45, 2.75) is 26.3 Å². The van der Waals surface area contributed by atoms with E-state index in [0.717, 1.165) is 27.7 Å². The monoisotopic (exact) mass is 452 g/mol. The number of para-hydroxylation sites is 1. The molecule has 0 aliphatic heterocycles. The molecule has 171 valence electrons. The van der Waals surface area contributed by atoms with Crippen molar-refractivity contribution in [2.24, 2.45) is 0 Å². The first-order valence-electron chi connectivity index (χ1n) is 10.7. The second kappa shape index (κ2) is 10.5. The van der Waals surface area contributed by atoms with E-state index in [9.17, 15) is 10.0 Å². The van der Waals surface area contributed by atoms with Gasteiger partial charge in [0.25, 0.3) is 0 Å². The number of hydrogen-bond donors (Lipinski definition) is 1. The number of nitriles is 1. The van der Waals surface area contributed by atoms with Crippen LogP contribution in [0.2, 0.25) is 0 Å². The minimum absolute atomic E-state index is 0.324. The first kappa shape index (κ1) is 24.3. The summed E-state index contributed by atoms with van der Waals surface area (Å²) >= 11 is 0. The fraction of sp³-hybridized carbons (Fsp3) is 0.143. The van der Waals surface area contributed by atoms with Crippen LogP contribution in [0.1, 0.15) is 26.3 Å². The van der Waals surface area contributed by atoms with Crippen LogP contribution in [0.5, 0.6) is 0 Å². The molecule has 0 unspecified atom stereocenters. The Morgan fingerprint density at radius 2 is 1.35 bits per heavy atom. The lowest BCUT2D eigenvalue weighted by molar-refractivity contribution is -0.132. The number of hydroxylamine groups is 1. The first-order chi connectivity index (χ1) is 16.2. The summed E-state index contributed by atoms with van der Waals surface area (Å²) in [5.74, 6) is -1.25. The third kappa shape index (κ3) is 5.91. The highest BCUT2D eigenvalue weighted by molar-refractivity contribution is 5.91. The molecule has 0 spiro atoms. The van der Waals surface area contributed by atoms with E-state index in [0.29, 0.717) is 5.69 Å². The van der Waals surface area contributed by atoms with Crippen LogP contribution in [-0.4, -0.2) is 16.6 Å². The Balaban J connectivity index is 1.92. The predicted octanol–water partition coefficient (Wildman–Crippen LogP) is 6.65. The van der Waals surface area contributed by atoms with Gasteiger partial charge in [-0.15, -0.1) is 0 Å². The highest BCUT2D eigenvalue weighted by atomic mass is 16.5. The van der Waals surface area contributed by atoms with Gasteiger partial charge in [0.2, 0.25) is 0 Å². The lowest BCUT2D eigenvalue weighted by Crippen LogP contribution is -2.37. The molecule has 0 heterocycles. The van der Waals surface area contributed by atoms with E-state index >= 15 is 0 Å². The second-order valence-corrected chi connectivity index (χ2v) is 8.60. The summed E-state index contributed by atoms with van der Waals surface area (Å²) in [6.07, 6.45) is 4.55. The van der Waals surface area contributed by atoms with E-state index in [4.69, 9.17) is 10.4 Å². The molecule has 6 heteroatoms. The summed E-state index contributed by atoms with van der Waals surface area (Å²) < 4.78 is 0. The smallest absolute Gasteiger partial charge is 0.346 e. The Kier molecular flexibility index (Phi) is 7.52. The van der Waals surface area contributed by atoms with Crippen molar-refractivity contribution in [1.29, 1.82) is 5.26 Å². The van der Waals surface area contributed by atoms with E-state index < -0.39 is 11.5 Å². The number of allylic oxidation sites excluding steroid dienone is 2. The average Bonchev–Trinajstić information content (AvgIpc) is 2.83. The molecule has 0 aliphatic carbocycles. The van der Waals surface area contributed by atoms with Crippen LogP contribution in [0.25, 0.3) is 6.08 Å². The maximum Gasteiger partial charge on any atom is 0.346 e.